The Hall–Kier alpha value is -2.05. The molecule has 0 saturated heterocycles. The molecule has 2 aromatic carbocycles. The minimum Gasteiger partial charge on any atom is -0.348 e. The number of aryl methyl sites for hydroxylation is 3. The fourth-order valence-corrected chi connectivity index (χ4v) is 5.15. The summed E-state index contributed by atoms with van der Waals surface area (Å²) in [6, 6.07) is 10.1. The highest BCUT2D eigenvalue weighted by Crippen LogP contribution is 2.28. The molecule has 3 rings (SSSR count). The average molecular weight is 435 g/mol. The van der Waals surface area contributed by atoms with Crippen molar-refractivity contribution in [1.82, 2.24) is 5.32 Å². The van der Waals surface area contributed by atoms with Crippen LogP contribution in [0.1, 0.15) is 48.6 Å². The fraction of sp³-hybridized carbons (Fsp3) is 0.409. The minimum atomic E-state index is -3.69. The molecule has 2 atom stereocenters. The number of halogens is 1. The number of nitrogens with one attached hydrogen (secondary N) is 1. The second kappa shape index (κ2) is 8.36. The van der Waals surface area contributed by atoms with Gasteiger partial charge in [0, 0.05) is 5.02 Å². The molecule has 0 spiro atoms. The van der Waals surface area contributed by atoms with Gasteiger partial charge < -0.3 is 5.32 Å². The first-order chi connectivity index (χ1) is 13.6. The van der Waals surface area contributed by atoms with E-state index in [1.54, 1.807) is 25.1 Å². The standard InChI is InChI=1S/C22H27ClN2O3S/c1-14-8-11-20(13-21(14)23)25(29(4,27)28)16(3)22(26)24-15(2)18-10-9-17-6-5-7-19(17)12-18/h8-13,15-16H,5-7H2,1-4H3,(H,24,26)/t15-,16+/m0/s1. The Labute approximate surface area is 178 Å². The summed E-state index contributed by atoms with van der Waals surface area (Å²) in [6.45, 7) is 5.33. The normalized spacial score (nSPS) is 15.5. The summed E-state index contributed by atoms with van der Waals surface area (Å²) in [5.74, 6) is -0.361. The second-order valence-electron chi connectivity index (χ2n) is 7.78. The molecule has 0 saturated carbocycles. The number of hydrogen-bond donors (Lipinski definition) is 1. The van der Waals surface area contributed by atoms with Gasteiger partial charge in [-0.2, -0.15) is 0 Å². The van der Waals surface area contributed by atoms with Crippen LogP contribution in [0.3, 0.4) is 0 Å². The number of anilines is 1. The Kier molecular flexibility index (Phi) is 6.24. The van der Waals surface area contributed by atoms with Gasteiger partial charge in [0.1, 0.15) is 6.04 Å². The van der Waals surface area contributed by atoms with Crippen molar-refractivity contribution in [2.24, 2.45) is 0 Å². The molecule has 29 heavy (non-hydrogen) atoms. The van der Waals surface area contributed by atoms with Gasteiger partial charge in [-0.15, -0.1) is 0 Å². The van der Waals surface area contributed by atoms with E-state index in [9.17, 15) is 13.2 Å². The third-order valence-corrected chi connectivity index (χ3v) is 7.13. The summed E-state index contributed by atoms with van der Waals surface area (Å²) < 4.78 is 26.0. The quantitative estimate of drug-likeness (QED) is 0.741. The first-order valence-corrected chi connectivity index (χ1v) is 12.0. The van der Waals surface area contributed by atoms with Crippen LogP contribution in [0.25, 0.3) is 0 Å². The third kappa shape index (κ3) is 4.75. The summed E-state index contributed by atoms with van der Waals surface area (Å²) in [4.78, 5) is 12.9. The van der Waals surface area contributed by atoms with Crippen LogP contribution in [0.15, 0.2) is 36.4 Å². The van der Waals surface area contributed by atoms with Gasteiger partial charge in [0.2, 0.25) is 15.9 Å². The van der Waals surface area contributed by atoms with E-state index in [1.807, 2.05) is 19.9 Å². The van der Waals surface area contributed by atoms with Gasteiger partial charge in [-0.05, 0) is 74.4 Å². The lowest BCUT2D eigenvalue weighted by molar-refractivity contribution is -0.122. The minimum absolute atomic E-state index is 0.223. The van der Waals surface area contributed by atoms with Crippen LogP contribution in [0, 0.1) is 6.92 Å². The lowest BCUT2D eigenvalue weighted by atomic mass is 10.0. The maximum absolute atomic E-state index is 12.9. The molecule has 5 nitrogen and oxygen atoms in total. The number of carbonyl (C=O) groups excluding carboxylic acids is 1. The molecule has 1 amide bonds. The molecule has 156 valence electrons. The lowest BCUT2D eigenvalue weighted by Crippen LogP contribution is -2.48. The Morgan fingerprint density at radius 2 is 1.79 bits per heavy atom. The number of amides is 1. The number of fused-ring (bicyclic) bond motifs is 1. The third-order valence-electron chi connectivity index (χ3n) is 5.48. The first-order valence-electron chi connectivity index (χ1n) is 9.75. The van der Waals surface area contributed by atoms with E-state index < -0.39 is 16.1 Å². The van der Waals surface area contributed by atoms with Crippen LogP contribution in [0.5, 0.6) is 0 Å². The predicted molar refractivity (Wildman–Crippen MR) is 118 cm³/mol. The van der Waals surface area contributed by atoms with Crippen molar-refractivity contribution in [2.45, 2.75) is 52.1 Å². The molecule has 2 aromatic rings. The number of sulfonamides is 1. The van der Waals surface area contributed by atoms with E-state index in [2.05, 4.69) is 17.4 Å². The van der Waals surface area contributed by atoms with Crippen molar-refractivity contribution in [3.63, 3.8) is 0 Å². The van der Waals surface area contributed by atoms with E-state index >= 15 is 0 Å². The van der Waals surface area contributed by atoms with Crippen LogP contribution in [-0.2, 0) is 27.7 Å². The van der Waals surface area contributed by atoms with Crippen LogP contribution < -0.4 is 9.62 Å². The molecule has 0 bridgehead atoms. The van der Waals surface area contributed by atoms with Crippen molar-refractivity contribution in [1.29, 1.82) is 0 Å². The molecule has 0 unspecified atom stereocenters. The van der Waals surface area contributed by atoms with Gasteiger partial charge in [0.05, 0.1) is 18.0 Å². The smallest absolute Gasteiger partial charge is 0.244 e. The molecule has 0 radical (unpaired) electrons. The summed E-state index contributed by atoms with van der Waals surface area (Å²) in [7, 11) is -3.69. The highest BCUT2D eigenvalue weighted by molar-refractivity contribution is 7.92. The van der Waals surface area contributed by atoms with Crippen molar-refractivity contribution in [3.05, 3.63) is 63.7 Å². The molecular formula is C22H27ClN2O3S. The zero-order valence-corrected chi connectivity index (χ0v) is 18.8. The van der Waals surface area contributed by atoms with Crippen molar-refractivity contribution < 1.29 is 13.2 Å². The highest BCUT2D eigenvalue weighted by atomic mass is 35.5. The van der Waals surface area contributed by atoms with E-state index in [-0.39, 0.29) is 11.9 Å². The number of hydrogen-bond acceptors (Lipinski definition) is 3. The Balaban J connectivity index is 1.81. The number of carbonyl (C=O) groups is 1. The van der Waals surface area contributed by atoms with Gasteiger partial charge in [-0.3, -0.25) is 9.10 Å². The Morgan fingerprint density at radius 1 is 1.10 bits per heavy atom. The average Bonchev–Trinajstić information content (AvgIpc) is 3.11. The van der Waals surface area contributed by atoms with Gasteiger partial charge in [0.25, 0.3) is 0 Å². The SMILES string of the molecule is Cc1ccc(N([C@H](C)C(=O)N[C@@H](C)c2ccc3c(c2)CCC3)S(C)(=O)=O)cc1Cl. The Morgan fingerprint density at radius 3 is 2.45 bits per heavy atom. The van der Waals surface area contributed by atoms with Crippen LogP contribution in [-0.4, -0.2) is 26.6 Å². The molecular weight excluding hydrogens is 408 g/mol. The van der Waals surface area contributed by atoms with Gasteiger partial charge in [0.15, 0.2) is 0 Å². The zero-order valence-electron chi connectivity index (χ0n) is 17.2. The van der Waals surface area contributed by atoms with Crippen molar-refractivity contribution >= 4 is 33.2 Å². The number of benzene rings is 2. The molecule has 1 N–H and O–H groups in total. The van der Waals surface area contributed by atoms with Gasteiger partial charge in [-0.1, -0.05) is 35.9 Å². The highest BCUT2D eigenvalue weighted by Gasteiger charge is 2.30. The molecule has 1 aliphatic rings. The first kappa shape index (κ1) is 21.7. The largest absolute Gasteiger partial charge is 0.348 e. The zero-order chi connectivity index (χ0) is 21.3. The summed E-state index contributed by atoms with van der Waals surface area (Å²) in [5, 5.41) is 3.41. The fourth-order valence-electron chi connectivity index (χ4n) is 3.81. The Bertz CT molecular complexity index is 1040. The molecule has 0 heterocycles. The van der Waals surface area contributed by atoms with Gasteiger partial charge in [-0.25, -0.2) is 8.42 Å². The number of rotatable bonds is 6. The van der Waals surface area contributed by atoms with Gasteiger partial charge >= 0.3 is 0 Å². The lowest BCUT2D eigenvalue weighted by Gasteiger charge is -2.29. The second-order valence-corrected chi connectivity index (χ2v) is 10.0. The predicted octanol–water partition coefficient (Wildman–Crippen LogP) is 4.17. The number of nitrogens with zero attached hydrogens (tertiary/aromatic N) is 1. The molecule has 0 aliphatic heterocycles. The van der Waals surface area contributed by atoms with Crippen LogP contribution in [0.4, 0.5) is 5.69 Å². The van der Waals surface area contributed by atoms with Crippen LogP contribution in [0.2, 0.25) is 5.02 Å². The molecule has 7 heteroatoms. The molecule has 1 aliphatic carbocycles. The molecule has 0 aromatic heterocycles. The maximum atomic E-state index is 12.9. The van der Waals surface area contributed by atoms with E-state index in [1.165, 1.54) is 17.5 Å². The summed E-state index contributed by atoms with van der Waals surface area (Å²) in [6.07, 6.45) is 4.43. The summed E-state index contributed by atoms with van der Waals surface area (Å²) in [5.41, 5.74) is 4.95. The van der Waals surface area contributed by atoms with Crippen molar-refractivity contribution in [3.8, 4) is 0 Å². The van der Waals surface area contributed by atoms with Crippen LogP contribution >= 0.6 is 11.6 Å². The van der Waals surface area contributed by atoms with Crippen molar-refractivity contribution in [2.75, 3.05) is 10.6 Å². The topological polar surface area (TPSA) is 66.5 Å². The van der Waals surface area contributed by atoms with E-state index in [4.69, 9.17) is 11.6 Å². The summed E-state index contributed by atoms with van der Waals surface area (Å²) >= 11 is 6.18. The van der Waals surface area contributed by atoms with E-state index in [0.29, 0.717) is 10.7 Å². The monoisotopic (exact) mass is 434 g/mol. The maximum Gasteiger partial charge on any atom is 0.244 e. The van der Waals surface area contributed by atoms with E-state index in [0.717, 1.165) is 34.5 Å². The molecule has 0 fully saturated rings.